The third kappa shape index (κ3) is 14.0. The molecule has 3 amide bonds. The minimum Gasteiger partial charge on any atom is -0.445 e. The van der Waals surface area contributed by atoms with Crippen LogP contribution in [-0.2, 0) is 61.4 Å². The number of hydrogen-bond donors (Lipinski definition) is 4. The summed E-state index contributed by atoms with van der Waals surface area (Å²) in [7, 11) is 0. The molecule has 67 heavy (non-hydrogen) atoms. The molecule has 2 aliphatic rings. The van der Waals surface area contributed by atoms with Crippen molar-refractivity contribution in [2.45, 2.75) is 101 Å². The SMILES string of the molecule is [N-]=[N+]=N[C@@H]1CC[C@@H](CN(Cc2ccccc2)C(=O)OCc2ccccc2)O[C@@H]1O[C@H]1[C@H](O)[C@@H](O)[C@H](NC(=O)OCc2ccccc2)[C@@H](OCc2ccccc2)[C@@H]1NC(=O)OCc1ccccc1. The molecule has 0 unspecified atom stereocenters. The van der Waals surface area contributed by atoms with Crippen LogP contribution >= 0.6 is 0 Å². The van der Waals surface area contributed by atoms with Gasteiger partial charge < -0.3 is 54.2 Å². The minimum atomic E-state index is -1.83. The van der Waals surface area contributed by atoms with Crippen molar-refractivity contribution in [1.29, 1.82) is 0 Å². The lowest BCUT2D eigenvalue weighted by Crippen LogP contribution is -2.73. The van der Waals surface area contributed by atoms with Crippen LogP contribution in [0.3, 0.4) is 0 Å². The van der Waals surface area contributed by atoms with Gasteiger partial charge >= 0.3 is 18.3 Å². The molecule has 4 N–H and O–H groups in total. The van der Waals surface area contributed by atoms with Crippen molar-refractivity contribution in [3.8, 4) is 0 Å². The van der Waals surface area contributed by atoms with Gasteiger partial charge in [-0.1, -0.05) is 157 Å². The summed E-state index contributed by atoms with van der Waals surface area (Å²) in [4.78, 5) is 45.5. The highest BCUT2D eigenvalue weighted by molar-refractivity contribution is 5.69. The van der Waals surface area contributed by atoms with Gasteiger partial charge in [0, 0.05) is 11.5 Å². The van der Waals surface area contributed by atoms with Gasteiger partial charge in [0.2, 0.25) is 0 Å². The second kappa shape index (κ2) is 24.5. The molecule has 17 heteroatoms. The first-order valence-corrected chi connectivity index (χ1v) is 22.0. The number of nitrogens with one attached hydrogen (secondary N) is 2. The molecule has 0 bridgehead atoms. The Morgan fingerprint density at radius 3 is 1.58 bits per heavy atom. The topological polar surface area (TPSA) is 223 Å². The molecular formula is C50H54N6O11. The van der Waals surface area contributed by atoms with Crippen LogP contribution in [-0.4, -0.2) is 94.9 Å². The summed E-state index contributed by atoms with van der Waals surface area (Å²) in [5.74, 6) is 0. The maximum absolute atomic E-state index is 13.8. The zero-order valence-corrected chi connectivity index (χ0v) is 36.6. The summed E-state index contributed by atoms with van der Waals surface area (Å²) in [6.07, 6.45) is -10.4. The highest BCUT2D eigenvalue weighted by Crippen LogP contribution is 2.33. The molecule has 9 atom stereocenters. The van der Waals surface area contributed by atoms with E-state index in [2.05, 4.69) is 20.7 Å². The Hall–Kier alpha value is -6.98. The number of amides is 3. The normalized spacial score (nSPS) is 23.4. The van der Waals surface area contributed by atoms with E-state index in [1.54, 1.807) is 48.5 Å². The van der Waals surface area contributed by atoms with Crippen LogP contribution in [0.4, 0.5) is 14.4 Å². The quantitative estimate of drug-likeness (QED) is 0.0295. The number of nitrogens with zero attached hydrogens (tertiary/aromatic N) is 4. The van der Waals surface area contributed by atoms with Gasteiger partial charge in [0.15, 0.2) is 6.29 Å². The number of aliphatic hydroxyl groups is 2. The van der Waals surface area contributed by atoms with E-state index >= 15 is 0 Å². The zero-order chi connectivity index (χ0) is 46.8. The van der Waals surface area contributed by atoms with Crippen LogP contribution in [0.1, 0.15) is 40.7 Å². The van der Waals surface area contributed by atoms with Crippen molar-refractivity contribution < 1.29 is 53.0 Å². The molecule has 1 aliphatic heterocycles. The Morgan fingerprint density at radius 2 is 1.07 bits per heavy atom. The molecule has 0 radical (unpaired) electrons. The summed E-state index contributed by atoms with van der Waals surface area (Å²) in [6, 6.07) is 42.0. The van der Waals surface area contributed by atoms with Crippen molar-refractivity contribution in [1.82, 2.24) is 15.5 Å². The van der Waals surface area contributed by atoms with E-state index in [0.29, 0.717) is 17.5 Å². The average molecular weight is 915 g/mol. The largest absolute Gasteiger partial charge is 0.445 e. The second-order valence-corrected chi connectivity index (χ2v) is 16.2. The van der Waals surface area contributed by atoms with Crippen molar-refractivity contribution in [3.05, 3.63) is 190 Å². The molecule has 1 aliphatic carbocycles. The number of benzene rings is 5. The van der Waals surface area contributed by atoms with E-state index in [1.807, 2.05) is 103 Å². The smallest absolute Gasteiger partial charge is 0.410 e. The number of hydrogen-bond acceptors (Lipinski definition) is 12. The molecule has 0 spiro atoms. The molecule has 350 valence electrons. The van der Waals surface area contributed by atoms with Gasteiger partial charge in [0.1, 0.15) is 44.2 Å². The Labute approximate surface area is 388 Å². The predicted molar refractivity (Wildman–Crippen MR) is 243 cm³/mol. The van der Waals surface area contributed by atoms with Crippen molar-refractivity contribution >= 4 is 18.3 Å². The van der Waals surface area contributed by atoms with Gasteiger partial charge in [0.05, 0.1) is 37.4 Å². The van der Waals surface area contributed by atoms with Gasteiger partial charge in [-0.15, -0.1) is 0 Å². The standard InChI is InChI=1S/C50H54N6O11/c51-55-54-40-27-26-39(29-56(28-34-16-6-1-7-17-34)50(61)65-33-38-24-14-5-15-25-38)66-47(40)67-46-42(53-49(60)64-32-37-22-12-4-13-23-37)45(62-30-35-18-8-2-9-19-35)41(43(57)44(46)58)52-48(59)63-31-36-20-10-3-11-21-36/h1-25,39-47,57-58H,26-33H2,(H,52,59)(H,53,60)/t39-,40+,41-,42-,43-,44+,45+,46+,47+/m0/s1. The number of carbonyl (C=O) groups excluding carboxylic acids is 3. The molecule has 0 aromatic heterocycles. The predicted octanol–water partition coefficient (Wildman–Crippen LogP) is 7.31. The lowest BCUT2D eigenvalue weighted by Gasteiger charge is -2.49. The first-order chi connectivity index (χ1) is 32.7. The molecule has 17 nitrogen and oxygen atoms in total. The van der Waals surface area contributed by atoms with Gasteiger partial charge in [-0.2, -0.15) is 0 Å². The van der Waals surface area contributed by atoms with Gasteiger partial charge in [-0.05, 0) is 46.2 Å². The summed E-state index contributed by atoms with van der Waals surface area (Å²) in [5.41, 5.74) is 13.4. The fourth-order valence-electron chi connectivity index (χ4n) is 7.99. The lowest BCUT2D eigenvalue weighted by atomic mass is 9.81. The van der Waals surface area contributed by atoms with E-state index in [1.165, 1.54) is 4.90 Å². The first-order valence-electron chi connectivity index (χ1n) is 22.0. The van der Waals surface area contributed by atoms with Crippen molar-refractivity contribution in [2.24, 2.45) is 5.11 Å². The van der Waals surface area contributed by atoms with E-state index in [9.17, 15) is 30.1 Å². The minimum absolute atomic E-state index is 0.0363. The van der Waals surface area contributed by atoms with Gasteiger partial charge in [0.25, 0.3) is 0 Å². The Balaban J connectivity index is 1.16. The zero-order valence-electron chi connectivity index (χ0n) is 36.6. The highest BCUT2D eigenvalue weighted by Gasteiger charge is 2.54. The van der Waals surface area contributed by atoms with Gasteiger partial charge in [-0.25, -0.2) is 14.4 Å². The lowest BCUT2D eigenvalue weighted by molar-refractivity contribution is -0.268. The molecule has 5 aromatic carbocycles. The molecule has 1 heterocycles. The number of ether oxygens (including phenoxy) is 6. The Bertz CT molecular complexity index is 2350. The van der Waals surface area contributed by atoms with Crippen LogP contribution in [0, 0.1) is 0 Å². The van der Waals surface area contributed by atoms with Crippen LogP contribution in [0.2, 0.25) is 0 Å². The maximum atomic E-state index is 13.8. The number of aliphatic hydroxyl groups excluding tert-OH is 2. The van der Waals surface area contributed by atoms with Crippen molar-refractivity contribution in [2.75, 3.05) is 6.54 Å². The molecule has 2 fully saturated rings. The van der Waals surface area contributed by atoms with Gasteiger partial charge in [-0.3, -0.25) is 0 Å². The molecule has 7 rings (SSSR count). The number of carbonyl (C=O) groups is 3. The summed E-state index contributed by atoms with van der Waals surface area (Å²) in [6.45, 7) is -0.00259. The number of alkyl carbamates (subject to hydrolysis) is 2. The summed E-state index contributed by atoms with van der Waals surface area (Å²) >= 11 is 0. The second-order valence-electron chi connectivity index (χ2n) is 16.2. The van der Waals surface area contributed by atoms with Crippen LogP contribution in [0.15, 0.2) is 157 Å². The van der Waals surface area contributed by atoms with Crippen molar-refractivity contribution in [3.63, 3.8) is 0 Å². The Kier molecular flexibility index (Phi) is 17.6. The first kappa shape index (κ1) is 48.0. The Morgan fingerprint density at radius 1 is 0.612 bits per heavy atom. The van der Waals surface area contributed by atoms with E-state index in [-0.39, 0.29) is 45.9 Å². The third-order valence-electron chi connectivity index (χ3n) is 11.4. The highest BCUT2D eigenvalue weighted by atomic mass is 16.7. The monoisotopic (exact) mass is 914 g/mol. The molecule has 1 saturated heterocycles. The number of azide groups is 1. The van der Waals surface area contributed by atoms with Crippen LogP contribution in [0.25, 0.3) is 10.4 Å². The third-order valence-corrected chi connectivity index (χ3v) is 11.4. The number of rotatable bonds is 18. The van der Waals surface area contributed by atoms with Crippen LogP contribution in [0.5, 0.6) is 0 Å². The molecule has 5 aromatic rings. The van der Waals surface area contributed by atoms with E-state index in [4.69, 9.17) is 28.4 Å². The fourth-order valence-corrected chi connectivity index (χ4v) is 7.99. The summed E-state index contributed by atoms with van der Waals surface area (Å²) < 4.78 is 36.4. The molecule has 1 saturated carbocycles. The van der Waals surface area contributed by atoms with E-state index < -0.39 is 73.2 Å². The summed E-state index contributed by atoms with van der Waals surface area (Å²) in [5, 5.41) is 33.3. The molecular weight excluding hydrogens is 861 g/mol. The van der Waals surface area contributed by atoms with E-state index in [0.717, 1.165) is 16.7 Å². The maximum Gasteiger partial charge on any atom is 0.410 e. The fraction of sp³-hybridized carbons (Fsp3) is 0.340. The van der Waals surface area contributed by atoms with Crippen LogP contribution < -0.4 is 10.6 Å². The average Bonchev–Trinajstić information content (AvgIpc) is 3.36.